The number of amides is 1. The van der Waals surface area contributed by atoms with Gasteiger partial charge in [0.2, 0.25) is 5.91 Å². The fourth-order valence-corrected chi connectivity index (χ4v) is 2.25. The summed E-state index contributed by atoms with van der Waals surface area (Å²) < 4.78 is 26.0. The van der Waals surface area contributed by atoms with Crippen molar-refractivity contribution in [3.8, 4) is 0 Å². The van der Waals surface area contributed by atoms with Crippen LogP contribution in [0, 0.1) is 0 Å². The van der Waals surface area contributed by atoms with Gasteiger partial charge in [0.1, 0.15) is 0 Å². The van der Waals surface area contributed by atoms with Crippen molar-refractivity contribution in [1.29, 1.82) is 0 Å². The van der Waals surface area contributed by atoms with Gasteiger partial charge in [-0.2, -0.15) is 0 Å². The number of benzene rings is 1. The number of likely N-dealkylation sites (tertiary alicyclic amines) is 1. The molecule has 0 aliphatic carbocycles. The van der Waals surface area contributed by atoms with Gasteiger partial charge in [0.25, 0.3) is 5.92 Å². The average molecular weight is 320 g/mol. The van der Waals surface area contributed by atoms with E-state index in [4.69, 9.17) is 23.2 Å². The molecule has 0 N–H and O–H groups in total. The van der Waals surface area contributed by atoms with E-state index < -0.39 is 5.92 Å². The van der Waals surface area contributed by atoms with Crippen LogP contribution in [0.5, 0.6) is 0 Å². The zero-order chi connectivity index (χ0) is 14.8. The molecule has 6 heteroatoms. The third-order valence-electron chi connectivity index (χ3n) is 3.17. The third kappa shape index (κ3) is 3.93. The molecule has 2 nitrogen and oxygen atoms in total. The second-order valence-corrected chi connectivity index (χ2v) is 5.50. The summed E-state index contributed by atoms with van der Waals surface area (Å²) >= 11 is 11.7. The Morgan fingerprint density at radius 3 is 2.45 bits per heavy atom. The SMILES string of the molecule is O=C(C=Cc1ccc(Cl)c(Cl)c1)N1CCC(F)(F)CC1. The second kappa shape index (κ2) is 6.10. The minimum Gasteiger partial charge on any atom is -0.339 e. The summed E-state index contributed by atoms with van der Waals surface area (Å²) in [6, 6.07) is 5.00. The van der Waals surface area contributed by atoms with Gasteiger partial charge in [0, 0.05) is 32.0 Å². The number of hydrogen-bond donors (Lipinski definition) is 0. The van der Waals surface area contributed by atoms with E-state index in [0.29, 0.717) is 10.0 Å². The van der Waals surface area contributed by atoms with Crippen molar-refractivity contribution in [2.24, 2.45) is 0 Å². The minimum absolute atomic E-state index is 0.0809. The van der Waals surface area contributed by atoms with Crippen LogP contribution in [0.1, 0.15) is 18.4 Å². The van der Waals surface area contributed by atoms with Crippen LogP contribution < -0.4 is 0 Å². The van der Waals surface area contributed by atoms with Gasteiger partial charge < -0.3 is 4.90 Å². The van der Waals surface area contributed by atoms with Gasteiger partial charge in [-0.3, -0.25) is 4.79 Å². The first-order valence-electron chi connectivity index (χ1n) is 6.17. The molecule has 1 amide bonds. The standard InChI is InChI=1S/C14H13Cl2F2NO/c15-11-3-1-10(9-12(11)16)2-4-13(20)19-7-5-14(17,18)6-8-19/h1-4,9H,5-8H2. The van der Waals surface area contributed by atoms with E-state index in [2.05, 4.69) is 0 Å². The highest BCUT2D eigenvalue weighted by atomic mass is 35.5. The third-order valence-corrected chi connectivity index (χ3v) is 3.91. The highest BCUT2D eigenvalue weighted by Crippen LogP contribution is 2.28. The summed E-state index contributed by atoms with van der Waals surface area (Å²) in [5.41, 5.74) is 0.732. The lowest BCUT2D eigenvalue weighted by atomic mass is 10.1. The van der Waals surface area contributed by atoms with E-state index in [1.807, 2.05) is 0 Å². The lowest BCUT2D eigenvalue weighted by molar-refractivity contribution is -0.132. The van der Waals surface area contributed by atoms with Crippen molar-refractivity contribution >= 4 is 35.2 Å². The van der Waals surface area contributed by atoms with Gasteiger partial charge in [0.05, 0.1) is 10.0 Å². The molecule has 1 heterocycles. The molecule has 1 fully saturated rings. The number of piperidine rings is 1. The van der Waals surface area contributed by atoms with Crippen molar-refractivity contribution in [3.63, 3.8) is 0 Å². The van der Waals surface area contributed by atoms with Gasteiger partial charge in [0.15, 0.2) is 0 Å². The first-order chi connectivity index (χ1) is 9.37. The van der Waals surface area contributed by atoms with Crippen LogP contribution >= 0.6 is 23.2 Å². The van der Waals surface area contributed by atoms with E-state index in [0.717, 1.165) is 5.56 Å². The number of rotatable bonds is 2. The molecule has 0 radical (unpaired) electrons. The lowest BCUT2D eigenvalue weighted by Crippen LogP contribution is -2.42. The Bertz CT molecular complexity index is 536. The zero-order valence-corrected chi connectivity index (χ0v) is 12.1. The van der Waals surface area contributed by atoms with Gasteiger partial charge in [-0.1, -0.05) is 29.3 Å². The zero-order valence-electron chi connectivity index (χ0n) is 10.6. The summed E-state index contributed by atoms with van der Waals surface area (Å²) in [5.74, 6) is -2.92. The lowest BCUT2D eigenvalue weighted by Gasteiger charge is -2.30. The van der Waals surface area contributed by atoms with Crippen LogP contribution in [0.4, 0.5) is 8.78 Å². The number of carbonyl (C=O) groups is 1. The molecular weight excluding hydrogens is 307 g/mol. The molecule has 1 aromatic carbocycles. The maximum atomic E-state index is 13.0. The first-order valence-corrected chi connectivity index (χ1v) is 6.93. The van der Waals surface area contributed by atoms with Gasteiger partial charge >= 0.3 is 0 Å². The Balaban J connectivity index is 1.97. The highest BCUT2D eigenvalue weighted by molar-refractivity contribution is 6.42. The fourth-order valence-electron chi connectivity index (χ4n) is 1.94. The number of hydrogen-bond acceptors (Lipinski definition) is 1. The number of alkyl halides is 2. The molecule has 1 saturated heterocycles. The smallest absolute Gasteiger partial charge is 0.251 e. The maximum absolute atomic E-state index is 13.0. The van der Waals surface area contributed by atoms with E-state index >= 15 is 0 Å². The summed E-state index contributed by atoms with van der Waals surface area (Å²) in [7, 11) is 0. The van der Waals surface area contributed by atoms with Gasteiger partial charge in [-0.15, -0.1) is 0 Å². The number of halogens is 4. The molecule has 2 rings (SSSR count). The molecule has 0 bridgehead atoms. The molecular formula is C14H13Cl2F2NO. The average Bonchev–Trinajstić information content (AvgIpc) is 2.40. The van der Waals surface area contributed by atoms with Crippen LogP contribution in [0.3, 0.4) is 0 Å². The van der Waals surface area contributed by atoms with E-state index in [-0.39, 0.29) is 31.8 Å². The molecule has 108 valence electrons. The maximum Gasteiger partial charge on any atom is 0.251 e. The molecule has 1 aliphatic heterocycles. The van der Waals surface area contributed by atoms with Crippen LogP contribution in [-0.2, 0) is 4.79 Å². The van der Waals surface area contributed by atoms with Crippen LogP contribution in [0.25, 0.3) is 6.08 Å². The monoisotopic (exact) mass is 319 g/mol. The van der Waals surface area contributed by atoms with E-state index in [9.17, 15) is 13.6 Å². The molecule has 0 aromatic heterocycles. The van der Waals surface area contributed by atoms with Crippen molar-refractivity contribution < 1.29 is 13.6 Å². The Kier molecular flexibility index (Phi) is 4.66. The topological polar surface area (TPSA) is 20.3 Å². The molecule has 0 spiro atoms. The fraction of sp³-hybridized carbons (Fsp3) is 0.357. The molecule has 0 atom stereocenters. The van der Waals surface area contributed by atoms with Crippen molar-refractivity contribution in [2.75, 3.05) is 13.1 Å². The first kappa shape index (κ1) is 15.3. The normalized spacial score (nSPS) is 18.5. The molecule has 1 aromatic rings. The van der Waals surface area contributed by atoms with Crippen LogP contribution in [0.15, 0.2) is 24.3 Å². The Morgan fingerprint density at radius 1 is 1.20 bits per heavy atom. The number of nitrogens with zero attached hydrogens (tertiary/aromatic N) is 1. The van der Waals surface area contributed by atoms with E-state index in [1.165, 1.54) is 11.0 Å². The largest absolute Gasteiger partial charge is 0.339 e. The van der Waals surface area contributed by atoms with Crippen molar-refractivity contribution in [3.05, 3.63) is 39.9 Å². The Hall–Kier alpha value is -1.13. The number of carbonyl (C=O) groups excluding carboxylic acids is 1. The van der Waals surface area contributed by atoms with E-state index in [1.54, 1.807) is 24.3 Å². The Labute approximate surface area is 126 Å². The second-order valence-electron chi connectivity index (χ2n) is 4.69. The predicted octanol–water partition coefficient (Wildman–Crippen LogP) is 4.26. The molecule has 1 aliphatic rings. The predicted molar refractivity (Wildman–Crippen MR) is 76.3 cm³/mol. The summed E-state index contributed by atoms with van der Waals surface area (Å²) in [6.45, 7) is 0.162. The Morgan fingerprint density at radius 2 is 1.85 bits per heavy atom. The summed E-state index contributed by atoms with van der Waals surface area (Å²) in [6.07, 6.45) is 2.40. The summed E-state index contributed by atoms with van der Waals surface area (Å²) in [5, 5.41) is 0.840. The minimum atomic E-state index is -2.65. The summed E-state index contributed by atoms with van der Waals surface area (Å²) in [4.78, 5) is 13.3. The van der Waals surface area contributed by atoms with Gasteiger partial charge in [-0.25, -0.2) is 8.78 Å². The van der Waals surface area contributed by atoms with Crippen LogP contribution in [-0.4, -0.2) is 29.8 Å². The van der Waals surface area contributed by atoms with Crippen molar-refractivity contribution in [2.45, 2.75) is 18.8 Å². The van der Waals surface area contributed by atoms with Crippen molar-refractivity contribution in [1.82, 2.24) is 4.90 Å². The molecule has 0 unspecified atom stereocenters. The highest BCUT2D eigenvalue weighted by Gasteiger charge is 2.34. The van der Waals surface area contributed by atoms with Crippen LogP contribution in [0.2, 0.25) is 10.0 Å². The van der Waals surface area contributed by atoms with Gasteiger partial charge in [-0.05, 0) is 23.8 Å². The molecule has 20 heavy (non-hydrogen) atoms. The molecule has 0 saturated carbocycles. The quantitative estimate of drug-likeness (QED) is 0.746.